The molecule has 0 aliphatic heterocycles. The first-order chi connectivity index (χ1) is 13.0. The molecule has 0 fully saturated rings. The van der Waals surface area contributed by atoms with Crippen molar-refractivity contribution in [3.63, 3.8) is 0 Å². The van der Waals surface area contributed by atoms with Crippen LogP contribution in [0.25, 0.3) is 11.0 Å². The van der Waals surface area contributed by atoms with Crippen LogP contribution < -0.4 is 10.1 Å². The van der Waals surface area contributed by atoms with Crippen LogP contribution in [-0.4, -0.2) is 30.3 Å². The third-order valence-corrected chi connectivity index (χ3v) is 5.26. The van der Waals surface area contributed by atoms with E-state index in [2.05, 4.69) is 5.32 Å². The Morgan fingerprint density at radius 2 is 1.96 bits per heavy atom. The number of hydrogen-bond acceptors (Lipinski definition) is 5. The lowest BCUT2D eigenvalue weighted by atomic mass is 10.2. The molecule has 1 N–H and O–H groups in total. The van der Waals surface area contributed by atoms with Gasteiger partial charge in [-0.15, -0.1) is 11.8 Å². The number of anilines is 1. The summed E-state index contributed by atoms with van der Waals surface area (Å²) in [6.07, 6.45) is 0. The van der Waals surface area contributed by atoms with Crippen molar-refractivity contribution < 1.29 is 18.7 Å². The zero-order chi connectivity index (χ0) is 19.4. The fraction of sp³-hybridized carbons (Fsp3) is 0.200. The van der Waals surface area contributed by atoms with Gasteiger partial charge in [-0.3, -0.25) is 9.59 Å². The minimum absolute atomic E-state index is 0.136. The number of furan rings is 1. The van der Waals surface area contributed by atoms with E-state index in [9.17, 15) is 9.59 Å². The van der Waals surface area contributed by atoms with E-state index in [1.165, 1.54) is 18.9 Å². The van der Waals surface area contributed by atoms with Crippen LogP contribution in [-0.2, 0) is 4.79 Å². The molecule has 0 saturated heterocycles. The summed E-state index contributed by atoms with van der Waals surface area (Å²) in [5.74, 6) is 0.712. The largest absolute Gasteiger partial charge is 0.495 e. The average Bonchev–Trinajstić information content (AvgIpc) is 3.08. The van der Waals surface area contributed by atoms with Crippen LogP contribution in [0.4, 0.5) is 5.69 Å². The molecular formula is C20H18ClNO4S. The summed E-state index contributed by atoms with van der Waals surface area (Å²) in [6, 6.07) is 12.6. The third-order valence-electron chi connectivity index (χ3n) is 3.92. The Bertz CT molecular complexity index is 966. The zero-order valence-electron chi connectivity index (χ0n) is 14.9. The molecule has 1 aromatic heterocycles. The minimum atomic E-state index is -0.225. The molecular weight excluding hydrogens is 386 g/mol. The predicted molar refractivity (Wildman–Crippen MR) is 109 cm³/mol. The highest BCUT2D eigenvalue weighted by Crippen LogP contribution is 2.31. The number of nitrogens with one attached hydrogen (secondary N) is 1. The smallest absolute Gasteiger partial charge is 0.234 e. The van der Waals surface area contributed by atoms with E-state index in [1.807, 2.05) is 31.2 Å². The highest BCUT2D eigenvalue weighted by Gasteiger charge is 2.14. The van der Waals surface area contributed by atoms with E-state index >= 15 is 0 Å². The number of thioether (sulfide) groups is 1. The average molecular weight is 404 g/mol. The van der Waals surface area contributed by atoms with Crippen LogP contribution in [0.3, 0.4) is 0 Å². The van der Waals surface area contributed by atoms with Gasteiger partial charge in [-0.1, -0.05) is 29.8 Å². The van der Waals surface area contributed by atoms with E-state index in [-0.39, 0.29) is 23.2 Å². The predicted octanol–water partition coefficient (Wildman–Crippen LogP) is 4.96. The molecule has 0 unspecified atom stereocenters. The topological polar surface area (TPSA) is 68.5 Å². The number of amides is 1. The molecule has 0 spiro atoms. The van der Waals surface area contributed by atoms with Gasteiger partial charge >= 0.3 is 0 Å². The first-order valence-electron chi connectivity index (χ1n) is 8.21. The van der Waals surface area contributed by atoms with Gasteiger partial charge in [0.25, 0.3) is 0 Å². The van der Waals surface area contributed by atoms with Crippen molar-refractivity contribution in [2.45, 2.75) is 6.92 Å². The highest BCUT2D eigenvalue weighted by atomic mass is 35.5. The molecule has 0 radical (unpaired) electrons. The monoisotopic (exact) mass is 403 g/mol. The Hall–Kier alpha value is -2.44. The van der Waals surface area contributed by atoms with Gasteiger partial charge < -0.3 is 14.5 Å². The molecule has 0 aliphatic rings. The Labute approximate surface area is 166 Å². The van der Waals surface area contributed by atoms with Crippen molar-refractivity contribution in [2.24, 2.45) is 0 Å². The van der Waals surface area contributed by atoms with Gasteiger partial charge in [0.1, 0.15) is 11.3 Å². The van der Waals surface area contributed by atoms with Gasteiger partial charge in [-0.2, -0.15) is 0 Å². The summed E-state index contributed by atoms with van der Waals surface area (Å²) >= 11 is 7.29. The summed E-state index contributed by atoms with van der Waals surface area (Å²) in [4.78, 5) is 24.4. The molecule has 140 valence electrons. The molecule has 1 heterocycles. The van der Waals surface area contributed by atoms with Crippen LogP contribution in [0.15, 0.2) is 46.9 Å². The normalized spacial score (nSPS) is 10.8. The second-order valence-electron chi connectivity index (χ2n) is 5.91. The molecule has 27 heavy (non-hydrogen) atoms. The van der Waals surface area contributed by atoms with Crippen molar-refractivity contribution >= 4 is 51.7 Å². The first kappa shape index (κ1) is 19.3. The lowest BCUT2D eigenvalue weighted by Gasteiger charge is -2.12. The number of aryl methyl sites for hydroxylation is 1. The molecule has 5 nitrogen and oxygen atoms in total. The third kappa shape index (κ3) is 4.64. The summed E-state index contributed by atoms with van der Waals surface area (Å²) in [7, 11) is 1.51. The number of methoxy groups -OCH3 is 1. The number of ether oxygens (including phenoxy) is 1. The van der Waals surface area contributed by atoms with Crippen molar-refractivity contribution in [3.8, 4) is 5.75 Å². The van der Waals surface area contributed by atoms with Gasteiger partial charge in [0.2, 0.25) is 11.7 Å². The molecule has 1 amide bonds. The zero-order valence-corrected chi connectivity index (χ0v) is 16.4. The maximum Gasteiger partial charge on any atom is 0.234 e. The Morgan fingerprint density at radius 3 is 2.70 bits per heavy atom. The number of Topliss-reactive ketones (excluding diaryl/α,β-unsaturated/α-hetero) is 1. The second-order valence-corrected chi connectivity index (χ2v) is 7.31. The summed E-state index contributed by atoms with van der Waals surface area (Å²) in [5, 5.41) is 4.23. The van der Waals surface area contributed by atoms with Crippen molar-refractivity contribution in [1.82, 2.24) is 0 Å². The SMILES string of the molecule is COc1cc(Cl)c(C)cc1NC(=O)CSCC(=O)c1cc2ccccc2o1. The molecule has 2 aromatic carbocycles. The van der Waals surface area contributed by atoms with Gasteiger partial charge in [0, 0.05) is 16.5 Å². The number of ketones is 1. The minimum Gasteiger partial charge on any atom is -0.495 e. The Balaban J connectivity index is 1.55. The van der Waals surface area contributed by atoms with E-state index in [1.54, 1.807) is 18.2 Å². The number of carbonyl (C=O) groups is 2. The molecule has 7 heteroatoms. The summed E-state index contributed by atoms with van der Waals surface area (Å²) < 4.78 is 10.8. The molecule has 0 aliphatic carbocycles. The summed E-state index contributed by atoms with van der Waals surface area (Å²) in [6.45, 7) is 1.85. The Kier molecular flexibility index (Phi) is 6.08. The van der Waals surface area contributed by atoms with Crippen LogP contribution in [0.5, 0.6) is 5.75 Å². The number of hydrogen-bond donors (Lipinski definition) is 1. The van der Waals surface area contributed by atoms with E-state index in [4.69, 9.17) is 20.8 Å². The van der Waals surface area contributed by atoms with Crippen molar-refractivity contribution in [2.75, 3.05) is 23.9 Å². The van der Waals surface area contributed by atoms with Crippen LogP contribution in [0.1, 0.15) is 16.1 Å². The number of benzene rings is 2. The number of rotatable bonds is 7. The number of fused-ring (bicyclic) bond motifs is 1. The van der Waals surface area contributed by atoms with Gasteiger partial charge in [-0.05, 0) is 30.7 Å². The first-order valence-corrected chi connectivity index (χ1v) is 9.74. The molecule has 0 atom stereocenters. The standard InChI is InChI=1S/C20H18ClNO4S/c1-12-7-15(18(25-2)9-14(12)21)22-20(24)11-27-10-16(23)19-8-13-5-3-4-6-17(13)26-19/h3-9H,10-11H2,1-2H3,(H,22,24). The molecule has 3 rings (SSSR count). The van der Waals surface area contributed by atoms with E-state index in [0.29, 0.717) is 27.8 Å². The fourth-order valence-electron chi connectivity index (χ4n) is 2.54. The maximum absolute atomic E-state index is 12.3. The van der Waals surface area contributed by atoms with Crippen LogP contribution in [0, 0.1) is 6.92 Å². The van der Waals surface area contributed by atoms with Crippen molar-refractivity contribution in [3.05, 3.63) is 58.8 Å². The number of para-hydroxylation sites is 1. The van der Waals surface area contributed by atoms with Crippen LogP contribution >= 0.6 is 23.4 Å². The maximum atomic E-state index is 12.3. The number of halogens is 1. The van der Waals surface area contributed by atoms with E-state index < -0.39 is 0 Å². The van der Waals surface area contributed by atoms with Crippen LogP contribution in [0.2, 0.25) is 5.02 Å². The fourth-order valence-corrected chi connectivity index (χ4v) is 3.38. The van der Waals surface area contributed by atoms with Gasteiger partial charge in [-0.25, -0.2) is 0 Å². The Morgan fingerprint density at radius 1 is 1.19 bits per heavy atom. The lowest BCUT2D eigenvalue weighted by Crippen LogP contribution is -2.16. The molecule has 0 saturated carbocycles. The molecule has 3 aromatic rings. The second kappa shape index (κ2) is 8.50. The van der Waals surface area contributed by atoms with Crippen molar-refractivity contribution in [1.29, 1.82) is 0 Å². The summed E-state index contributed by atoms with van der Waals surface area (Å²) in [5.41, 5.74) is 2.06. The quantitative estimate of drug-likeness (QED) is 0.565. The van der Waals surface area contributed by atoms with Gasteiger partial charge in [0.15, 0.2) is 5.76 Å². The molecule has 0 bridgehead atoms. The van der Waals surface area contributed by atoms with E-state index in [0.717, 1.165) is 10.9 Å². The lowest BCUT2D eigenvalue weighted by molar-refractivity contribution is -0.113. The highest BCUT2D eigenvalue weighted by molar-refractivity contribution is 8.00. The van der Waals surface area contributed by atoms with Gasteiger partial charge in [0.05, 0.1) is 24.3 Å². The number of carbonyl (C=O) groups excluding carboxylic acids is 2.